The van der Waals surface area contributed by atoms with Crippen LogP contribution in [0.3, 0.4) is 0 Å². The number of hydrogen-bond acceptors (Lipinski definition) is 4. The van der Waals surface area contributed by atoms with E-state index in [9.17, 15) is 18.0 Å². The molecule has 0 bridgehead atoms. The van der Waals surface area contributed by atoms with Crippen LogP contribution in [0.4, 0.5) is 5.69 Å². The number of rotatable bonds is 5. The number of hydrogen-bond donors (Lipinski definition) is 1. The number of halogens is 1. The third-order valence-electron chi connectivity index (χ3n) is 4.00. The summed E-state index contributed by atoms with van der Waals surface area (Å²) in [5, 5.41) is 3.24. The third kappa shape index (κ3) is 4.95. The quantitative estimate of drug-likeness (QED) is 0.852. The molecule has 1 fully saturated rings. The Morgan fingerprint density at radius 2 is 2.08 bits per heavy atom. The number of anilines is 1. The van der Waals surface area contributed by atoms with E-state index in [4.69, 9.17) is 11.6 Å². The van der Waals surface area contributed by atoms with Crippen molar-refractivity contribution in [3.8, 4) is 0 Å². The maximum Gasteiger partial charge on any atom is 0.223 e. The summed E-state index contributed by atoms with van der Waals surface area (Å²) in [6.07, 6.45) is 0.542. The van der Waals surface area contributed by atoms with Gasteiger partial charge in [0.15, 0.2) is 9.84 Å². The number of carbonyl (C=O) groups is 2. The SMILES string of the molecule is CC(=O)N(CCC(=O)NC1CCS(=O)(=O)C1)c1cc(Cl)ccc1C. The van der Waals surface area contributed by atoms with Gasteiger partial charge in [0.05, 0.1) is 11.5 Å². The van der Waals surface area contributed by atoms with Crippen molar-refractivity contribution >= 4 is 38.9 Å². The number of benzene rings is 1. The van der Waals surface area contributed by atoms with E-state index in [0.29, 0.717) is 17.1 Å². The standard InChI is InChI=1S/C16H21ClN2O4S/c1-11-3-4-13(17)9-15(11)19(12(2)20)7-5-16(21)18-14-6-8-24(22,23)10-14/h3-4,9,14H,5-8,10H2,1-2H3,(H,18,21). The lowest BCUT2D eigenvalue weighted by atomic mass is 10.1. The van der Waals surface area contributed by atoms with E-state index in [0.717, 1.165) is 5.56 Å². The van der Waals surface area contributed by atoms with Gasteiger partial charge in [-0.2, -0.15) is 0 Å². The Hall–Kier alpha value is -1.60. The van der Waals surface area contributed by atoms with Crippen LogP contribution in [0.1, 0.15) is 25.3 Å². The zero-order chi connectivity index (χ0) is 17.9. The molecule has 1 aliphatic rings. The summed E-state index contributed by atoms with van der Waals surface area (Å²) in [5.41, 5.74) is 1.56. The maximum atomic E-state index is 12.1. The number of nitrogens with zero attached hydrogens (tertiary/aromatic N) is 1. The smallest absolute Gasteiger partial charge is 0.223 e. The van der Waals surface area contributed by atoms with Gasteiger partial charge in [0.2, 0.25) is 11.8 Å². The molecule has 0 saturated carbocycles. The molecule has 2 amide bonds. The van der Waals surface area contributed by atoms with Crippen LogP contribution in [0.15, 0.2) is 18.2 Å². The molecular weight excluding hydrogens is 352 g/mol. The van der Waals surface area contributed by atoms with Crippen molar-refractivity contribution in [3.63, 3.8) is 0 Å². The molecule has 1 atom stereocenters. The average Bonchev–Trinajstić information content (AvgIpc) is 2.81. The molecule has 0 spiro atoms. The monoisotopic (exact) mass is 372 g/mol. The second-order valence-electron chi connectivity index (χ2n) is 6.02. The Labute approximate surface area is 147 Å². The van der Waals surface area contributed by atoms with Gasteiger partial charge in [-0.05, 0) is 31.0 Å². The van der Waals surface area contributed by atoms with E-state index in [-0.39, 0.29) is 42.3 Å². The van der Waals surface area contributed by atoms with Crippen LogP contribution in [-0.4, -0.2) is 44.3 Å². The Bertz CT molecular complexity index is 748. The lowest BCUT2D eigenvalue weighted by Gasteiger charge is -2.23. The van der Waals surface area contributed by atoms with Gasteiger partial charge in [0, 0.05) is 36.6 Å². The summed E-state index contributed by atoms with van der Waals surface area (Å²) in [7, 11) is -3.03. The van der Waals surface area contributed by atoms with Crippen molar-refractivity contribution in [2.75, 3.05) is 23.0 Å². The molecule has 1 saturated heterocycles. The number of nitrogens with one attached hydrogen (secondary N) is 1. The summed E-state index contributed by atoms with van der Waals surface area (Å²) in [6.45, 7) is 3.51. The van der Waals surface area contributed by atoms with Crippen molar-refractivity contribution in [2.45, 2.75) is 32.7 Å². The molecule has 8 heteroatoms. The molecule has 1 heterocycles. The van der Waals surface area contributed by atoms with Crippen LogP contribution in [-0.2, 0) is 19.4 Å². The first kappa shape index (κ1) is 18.7. The van der Waals surface area contributed by atoms with Gasteiger partial charge in [-0.25, -0.2) is 8.42 Å². The minimum Gasteiger partial charge on any atom is -0.352 e. The molecule has 1 aromatic rings. The second-order valence-corrected chi connectivity index (χ2v) is 8.68. The van der Waals surface area contributed by atoms with Crippen LogP contribution in [0, 0.1) is 6.92 Å². The zero-order valence-electron chi connectivity index (χ0n) is 13.7. The predicted molar refractivity (Wildman–Crippen MR) is 94.0 cm³/mol. The number of aryl methyl sites for hydroxylation is 1. The molecule has 2 rings (SSSR count). The second kappa shape index (κ2) is 7.53. The van der Waals surface area contributed by atoms with Gasteiger partial charge >= 0.3 is 0 Å². The van der Waals surface area contributed by atoms with Crippen molar-refractivity contribution in [2.24, 2.45) is 0 Å². The summed E-state index contributed by atoms with van der Waals surface area (Å²) >= 11 is 5.99. The minimum absolute atomic E-state index is 0.0113. The first-order chi connectivity index (χ1) is 11.2. The normalized spacial score (nSPS) is 19.0. The lowest BCUT2D eigenvalue weighted by Crippen LogP contribution is -2.39. The lowest BCUT2D eigenvalue weighted by molar-refractivity contribution is -0.121. The maximum absolute atomic E-state index is 12.1. The van der Waals surface area contributed by atoms with Crippen LogP contribution in [0.5, 0.6) is 0 Å². The Morgan fingerprint density at radius 1 is 1.38 bits per heavy atom. The highest BCUT2D eigenvalue weighted by atomic mass is 35.5. The number of amides is 2. The number of carbonyl (C=O) groups excluding carboxylic acids is 2. The summed E-state index contributed by atoms with van der Waals surface area (Å²) in [6, 6.07) is 4.92. The van der Waals surface area contributed by atoms with E-state index < -0.39 is 9.84 Å². The molecule has 6 nitrogen and oxygen atoms in total. The van der Waals surface area contributed by atoms with Gasteiger partial charge in [0.1, 0.15) is 0 Å². The van der Waals surface area contributed by atoms with E-state index >= 15 is 0 Å². The summed E-state index contributed by atoms with van der Waals surface area (Å²) < 4.78 is 22.8. The van der Waals surface area contributed by atoms with Gasteiger partial charge in [-0.1, -0.05) is 17.7 Å². The Kier molecular flexibility index (Phi) is 5.87. The molecule has 1 aromatic carbocycles. The van der Waals surface area contributed by atoms with Gasteiger partial charge in [-0.3, -0.25) is 9.59 Å². The van der Waals surface area contributed by atoms with Gasteiger partial charge < -0.3 is 10.2 Å². The third-order valence-corrected chi connectivity index (χ3v) is 6.01. The van der Waals surface area contributed by atoms with Crippen LogP contribution in [0.2, 0.25) is 5.02 Å². The van der Waals surface area contributed by atoms with E-state index in [2.05, 4.69) is 5.32 Å². The first-order valence-corrected chi connectivity index (χ1v) is 9.92. The summed E-state index contributed by atoms with van der Waals surface area (Å²) in [5.74, 6) is -0.346. The molecular formula is C16H21ClN2O4S. The summed E-state index contributed by atoms with van der Waals surface area (Å²) in [4.78, 5) is 25.5. The Balaban J connectivity index is 1.98. The van der Waals surface area contributed by atoms with Crippen molar-refractivity contribution in [1.82, 2.24) is 5.32 Å². The largest absolute Gasteiger partial charge is 0.352 e. The van der Waals surface area contributed by atoms with Crippen LogP contribution >= 0.6 is 11.6 Å². The van der Waals surface area contributed by atoms with Crippen molar-refractivity contribution in [3.05, 3.63) is 28.8 Å². The zero-order valence-corrected chi connectivity index (χ0v) is 15.3. The topological polar surface area (TPSA) is 83.6 Å². The highest BCUT2D eigenvalue weighted by molar-refractivity contribution is 7.91. The highest BCUT2D eigenvalue weighted by Crippen LogP contribution is 2.24. The van der Waals surface area contributed by atoms with Crippen molar-refractivity contribution < 1.29 is 18.0 Å². The van der Waals surface area contributed by atoms with E-state index in [1.54, 1.807) is 12.1 Å². The molecule has 1 aliphatic heterocycles. The van der Waals surface area contributed by atoms with Gasteiger partial charge in [0.25, 0.3) is 0 Å². The molecule has 1 unspecified atom stereocenters. The minimum atomic E-state index is -3.03. The van der Waals surface area contributed by atoms with Gasteiger partial charge in [-0.15, -0.1) is 0 Å². The van der Waals surface area contributed by atoms with Crippen LogP contribution in [0.25, 0.3) is 0 Å². The molecule has 1 N–H and O–H groups in total. The Morgan fingerprint density at radius 3 is 2.67 bits per heavy atom. The molecule has 0 aromatic heterocycles. The molecule has 0 radical (unpaired) electrons. The van der Waals surface area contributed by atoms with Crippen molar-refractivity contribution in [1.29, 1.82) is 0 Å². The fourth-order valence-electron chi connectivity index (χ4n) is 2.74. The van der Waals surface area contributed by atoms with E-state index in [1.807, 2.05) is 13.0 Å². The average molecular weight is 373 g/mol. The number of sulfone groups is 1. The molecule has 24 heavy (non-hydrogen) atoms. The highest BCUT2D eigenvalue weighted by Gasteiger charge is 2.29. The molecule has 132 valence electrons. The van der Waals surface area contributed by atoms with Crippen LogP contribution < -0.4 is 10.2 Å². The fraction of sp³-hybridized carbons (Fsp3) is 0.500. The predicted octanol–water partition coefficient (Wildman–Crippen LogP) is 1.69. The fourth-order valence-corrected chi connectivity index (χ4v) is 4.58. The first-order valence-electron chi connectivity index (χ1n) is 7.72. The van der Waals surface area contributed by atoms with E-state index in [1.165, 1.54) is 11.8 Å². The molecule has 0 aliphatic carbocycles.